The van der Waals surface area contributed by atoms with Gasteiger partial charge in [0.15, 0.2) is 0 Å². The van der Waals surface area contributed by atoms with Gasteiger partial charge >= 0.3 is 0 Å². The Morgan fingerprint density at radius 2 is 0.848 bits per heavy atom. The largest absolute Gasteiger partial charge is 0.381 e. The molecule has 3 heteroatoms. The highest BCUT2D eigenvalue weighted by molar-refractivity contribution is 5.38. The highest BCUT2D eigenvalue weighted by Gasteiger charge is 2.01. The molecule has 0 aliphatic rings. The average molecular weight is 445 g/mol. The second kappa shape index (κ2) is 17.9. The molecule has 0 heterocycles. The standard InChI is InChI=1S/C30H40N2O/c31-25-29-21-13-11-19-27(29)17-9-5-1-3-7-15-23-33-24-16-8-4-2-6-10-18-28-20-12-14-22-30(28)26-32/h11-14,19-22H,1-10,15-18,23-24H2. The number of hydrogen-bond donors (Lipinski definition) is 0. The van der Waals surface area contributed by atoms with Crippen LogP contribution < -0.4 is 0 Å². The minimum Gasteiger partial charge on any atom is -0.381 e. The van der Waals surface area contributed by atoms with E-state index in [1.165, 1.54) is 88.2 Å². The van der Waals surface area contributed by atoms with Crippen molar-refractivity contribution >= 4 is 0 Å². The molecule has 0 spiro atoms. The van der Waals surface area contributed by atoms with E-state index in [2.05, 4.69) is 24.3 Å². The van der Waals surface area contributed by atoms with Gasteiger partial charge in [-0.1, -0.05) is 87.8 Å². The summed E-state index contributed by atoms with van der Waals surface area (Å²) in [6.07, 6.45) is 16.8. The third kappa shape index (κ3) is 11.7. The molecule has 2 aromatic carbocycles. The van der Waals surface area contributed by atoms with E-state index < -0.39 is 0 Å². The van der Waals surface area contributed by atoms with Gasteiger partial charge in [-0.25, -0.2) is 0 Å². The Bertz CT molecular complexity index is 791. The number of benzene rings is 2. The van der Waals surface area contributed by atoms with Crippen molar-refractivity contribution in [1.29, 1.82) is 10.5 Å². The maximum atomic E-state index is 9.13. The normalized spacial score (nSPS) is 10.6. The van der Waals surface area contributed by atoms with Crippen molar-refractivity contribution in [3.8, 4) is 12.1 Å². The van der Waals surface area contributed by atoms with Crippen LogP contribution >= 0.6 is 0 Å². The lowest BCUT2D eigenvalue weighted by molar-refractivity contribution is 0.125. The molecule has 0 N–H and O–H groups in total. The van der Waals surface area contributed by atoms with Gasteiger partial charge in [0.1, 0.15) is 0 Å². The molecule has 0 saturated carbocycles. The molecule has 0 atom stereocenters. The summed E-state index contributed by atoms with van der Waals surface area (Å²) in [5.41, 5.74) is 4.03. The van der Waals surface area contributed by atoms with E-state index in [0.717, 1.165) is 37.2 Å². The summed E-state index contributed by atoms with van der Waals surface area (Å²) < 4.78 is 5.79. The van der Waals surface area contributed by atoms with Crippen molar-refractivity contribution in [3.05, 3.63) is 70.8 Å². The fourth-order valence-corrected chi connectivity index (χ4v) is 4.25. The van der Waals surface area contributed by atoms with E-state index in [4.69, 9.17) is 15.3 Å². The lowest BCUT2D eigenvalue weighted by Crippen LogP contribution is -1.97. The molecule has 2 rings (SSSR count). The van der Waals surface area contributed by atoms with Gasteiger partial charge in [0.2, 0.25) is 0 Å². The fraction of sp³-hybridized carbons (Fsp3) is 0.533. The summed E-state index contributed by atoms with van der Waals surface area (Å²) in [6.45, 7) is 1.79. The van der Waals surface area contributed by atoms with Crippen molar-refractivity contribution in [2.75, 3.05) is 13.2 Å². The minimum absolute atomic E-state index is 0.827. The maximum Gasteiger partial charge on any atom is 0.0994 e. The van der Waals surface area contributed by atoms with E-state index in [9.17, 15) is 0 Å². The molecule has 33 heavy (non-hydrogen) atoms. The van der Waals surface area contributed by atoms with Crippen LogP contribution in [0.5, 0.6) is 0 Å². The molecule has 3 nitrogen and oxygen atoms in total. The number of ether oxygens (including phenoxy) is 1. The molecule has 0 aromatic heterocycles. The Hall–Kier alpha value is -2.62. The highest BCUT2D eigenvalue weighted by atomic mass is 16.5. The smallest absolute Gasteiger partial charge is 0.0994 e. The van der Waals surface area contributed by atoms with Crippen LogP contribution in [0.1, 0.15) is 99.3 Å². The molecule has 0 aliphatic carbocycles. The van der Waals surface area contributed by atoms with Crippen LogP contribution in [0.3, 0.4) is 0 Å². The first-order valence-electron chi connectivity index (χ1n) is 12.9. The average Bonchev–Trinajstić information content (AvgIpc) is 2.86. The van der Waals surface area contributed by atoms with Crippen molar-refractivity contribution < 1.29 is 4.74 Å². The van der Waals surface area contributed by atoms with E-state index in [1.807, 2.05) is 36.4 Å². The zero-order valence-corrected chi connectivity index (χ0v) is 20.2. The molecule has 2 aromatic rings. The summed E-state index contributed by atoms with van der Waals surface area (Å²) >= 11 is 0. The molecule has 0 aliphatic heterocycles. The number of nitrogens with zero attached hydrogens (tertiary/aromatic N) is 2. The Labute approximate surface area is 201 Å². The summed E-state index contributed by atoms with van der Waals surface area (Å²) in [5.74, 6) is 0. The highest BCUT2D eigenvalue weighted by Crippen LogP contribution is 2.15. The molecule has 0 saturated heterocycles. The number of nitriles is 2. The van der Waals surface area contributed by atoms with Crippen molar-refractivity contribution in [3.63, 3.8) is 0 Å². The van der Waals surface area contributed by atoms with Gasteiger partial charge in [0, 0.05) is 13.2 Å². The molecular formula is C30H40N2O. The van der Waals surface area contributed by atoms with Gasteiger partial charge in [-0.2, -0.15) is 10.5 Å². The van der Waals surface area contributed by atoms with Gasteiger partial charge in [0.05, 0.1) is 23.3 Å². The van der Waals surface area contributed by atoms with Gasteiger partial charge in [-0.05, 0) is 61.8 Å². The number of rotatable bonds is 18. The third-order valence-electron chi connectivity index (χ3n) is 6.25. The Balaban J connectivity index is 1.31. The van der Waals surface area contributed by atoms with Crippen molar-refractivity contribution in [2.45, 2.75) is 89.9 Å². The summed E-state index contributed by atoms with van der Waals surface area (Å²) in [7, 11) is 0. The van der Waals surface area contributed by atoms with E-state index in [-0.39, 0.29) is 0 Å². The van der Waals surface area contributed by atoms with E-state index >= 15 is 0 Å². The quantitative estimate of drug-likeness (QED) is 0.219. The summed E-state index contributed by atoms with van der Waals surface area (Å²) in [5, 5.41) is 18.3. The van der Waals surface area contributed by atoms with Crippen LogP contribution in [0.4, 0.5) is 0 Å². The number of unbranched alkanes of at least 4 members (excludes halogenated alkanes) is 10. The maximum absolute atomic E-state index is 9.13. The second-order valence-electron chi connectivity index (χ2n) is 8.89. The van der Waals surface area contributed by atoms with Gasteiger partial charge < -0.3 is 4.74 Å². The van der Waals surface area contributed by atoms with E-state index in [1.54, 1.807) is 0 Å². The Kier molecular flexibility index (Phi) is 14.4. The first kappa shape index (κ1) is 26.6. The number of hydrogen-bond acceptors (Lipinski definition) is 3. The third-order valence-corrected chi connectivity index (χ3v) is 6.25. The molecule has 0 unspecified atom stereocenters. The lowest BCUT2D eigenvalue weighted by Gasteiger charge is -2.06. The second-order valence-corrected chi connectivity index (χ2v) is 8.89. The van der Waals surface area contributed by atoms with E-state index in [0.29, 0.717) is 0 Å². The monoisotopic (exact) mass is 444 g/mol. The van der Waals surface area contributed by atoms with Crippen molar-refractivity contribution in [1.82, 2.24) is 0 Å². The molecule has 0 fully saturated rings. The molecule has 0 amide bonds. The fourth-order valence-electron chi connectivity index (χ4n) is 4.25. The van der Waals surface area contributed by atoms with Crippen molar-refractivity contribution in [2.24, 2.45) is 0 Å². The molecule has 176 valence electrons. The summed E-state index contributed by atoms with van der Waals surface area (Å²) in [6, 6.07) is 20.5. The predicted molar refractivity (Wildman–Crippen MR) is 136 cm³/mol. The molecule has 0 radical (unpaired) electrons. The molecular weight excluding hydrogens is 404 g/mol. The van der Waals surface area contributed by atoms with Crippen LogP contribution in [0.2, 0.25) is 0 Å². The lowest BCUT2D eigenvalue weighted by atomic mass is 10.0. The summed E-state index contributed by atoms with van der Waals surface area (Å²) in [4.78, 5) is 0. The zero-order valence-electron chi connectivity index (χ0n) is 20.2. The van der Waals surface area contributed by atoms with Gasteiger partial charge in [-0.3, -0.25) is 0 Å². The Morgan fingerprint density at radius 1 is 0.485 bits per heavy atom. The molecule has 0 bridgehead atoms. The van der Waals surface area contributed by atoms with Crippen LogP contribution in [0.25, 0.3) is 0 Å². The topological polar surface area (TPSA) is 56.8 Å². The van der Waals surface area contributed by atoms with Gasteiger partial charge in [0.25, 0.3) is 0 Å². The first-order chi connectivity index (χ1) is 16.3. The van der Waals surface area contributed by atoms with Crippen LogP contribution in [0.15, 0.2) is 48.5 Å². The Morgan fingerprint density at radius 3 is 1.27 bits per heavy atom. The predicted octanol–water partition coefficient (Wildman–Crippen LogP) is 7.91. The number of aryl methyl sites for hydroxylation is 2. The van der Waals surface area contributed by atoms with Crippen LogP contribution in [0, 0.1) is 22.7 Å². The SMILES string of the molecule is N#Cc1ccccc1CCCCCCCCOCCCCCCCCc1ccccc1C#N. The zero-order chi connectivity index (χ0) is 23.4. The van der Waals surface area contributed by atoms with Crippen LogP contribution in [-0.4, -0.2) is 13.2 Å². The van der Waals surface area contributed by atoms with Gasteiger partial charge in [-0.15, -0.1) is 0 Å². The minimum atomic E-state index is 0.827. The van der Waals surface area contributed by atoms with Crippen LogP contribution in [-0.2, 0) is 17.6 Å². The first-order valence-corrected chi connectivity index (χ1v) is 12.9.